The van der Waals surface area contributed by atoms with Crippen molar-refractivity contribution >= 4 is 34.9 Å². The molecule has 1 N–H and O–H groups in total. The molecule has 0 amide bonds. The minimum absolute atomic E-state index is 0.0116. The van der Waals surface area contributed by atoms with Crippen LogP contribution >= 0.6 is 0 Å². The Hall–Kier alpha value is -4.06. The Labute approximate surface area is 213 Å². The average Bonchev–Trinajstić information content (AvgIpc) is 3.43. The fraction of sp³-hybridized carbons (Fsp3) is 0.440. The third-order valence-corrected chi connectivity index (χ3v) is 5.89. The van der Waals surface area contributed by atoms with Gasteiger partial charge in [0.15, 0.2) is 35.4 Å². The molecule has 5 atom stereocenters. The molecular formula is C25H29N5O7. The molecule has 12 nitrogen and oxygen atoms in total. The molecule has 3 aromatic rings. The Bertz CT molecular complexity index is 1260. The molecule has 0 aliphatic carbocycles. The summed E-state index contributed by atoms with van der Waals surface area (Å²) in [6.07, 6.45) is -0.217. The molecule has 1 aliphatic heterocycles. The first-order valence-corrected chi connectivity index (χ1v) is 11.9. The van der Waals surface area contributed by atoms with E-state index in [9.17, 15) is 14.4 Å². The number of benzene rings is 1. The number of anilines is 1. The number of carbonyl (C=O) groups excluding carboxylic acids is 3. The predicted octanol–water partition coefficient (Wildman–Crippen LogP) is 2.71. The van der Waals surface area contributed by atoms with E-state index in [0.29, 0.717) is 17.0 Å². The lowest BCUT2D eigenvalue weighted by Gasteiger charge is -2.23. The van der Waals surface area contributed by atoms with E-state index in [1.807, 2.05) is 30.3 Å². The summed E-state index contributed by atoms with van der Waals surface area (Å²) in [6.45, 7) is 5.59. The van der Waals surface area contributed by atoms with Crippen molar-refractivity contribution in [2.24, 2.45) is 0 Å². The van der Waals surface area contributed by atoms with Crippen LogP contribution in [0.5, 0.6) is 0 Å². The van der Waals surface area contributed by atoms with Crippen molar-refractivity contribution in [2.45, 2.75) is 64.7 Å². The molecular weight excluding hydrogens is 482 g/mol. The molecule has 0 saturated carbocycles. The first-order valence-electron chi connectivity index (χ1n) is 11.9. The number of hydrogen-bond donors (Lipinski definition) is 1. The third kappa shape index (κ3) is 5.85. The van der Waals surface area contributed by atoms with Crippen molar-refractivity contribution in [3.63, 3.8) is 0 Å². The van der Waals surface area contributed by atoms with Crippen molar-refractivity contribution < 1.29 is 33.3 Å². The van der Waals surface area contributed by atoms with Gasteiger partial charge in [0.1, 0.15) is 19.0 Å². The summed E-state index contributed by atoms with van der Waals surface area (Å²) < 4.78 is 23.8. The summed E-state index contributed by atoms with van der Waals surface area (Å²) in [5.74, 6) is -1.21. The molecule has 0 radical (unpaired) electrons. The molecule has 37 heavy (non-hydrogen) atoms. The lowest BCUT2D eigenvalue weighted by Crippen LogP contribution is -2.40. The Balaban J connectivity index is 1.69. The maximum Gasteiger partial charge on any atom is 0.303 e. The number of rotatable bonds is 9. The number of fused-ring (bicyclic) bond motifs is 1. The monoisotopic (exact) mass is 511 g/mol. The quantitative estimate of drug-likeness (QED) is 0.334. The SMILES string of the molecule is CC[C@H](Nc1ncnc2c1ncn2C1OC(COC(C)=O)C(OC(C)=O)C1OC(C)=O)c1ccccc1. The lowest BCUT2D eigenvalue weighted by molar-refractivity contribution is -0.166. The van der Waals surface area contributed by atoms with E-state index in [4.69, 9.17) is 18.9 Å². The number of nitrogens with zero attached hydrogens (tertiary/aromatic N) is 4. The first kappa shape index (κ1) is 26.0. The van der Waals surface area contributed by atoms with Gasteiger partial charge < -0.3 is 24.3 Å². The van der Waals surface area contributed by atoms with Crippen LogP contribution in [0.15, 0.2) is 43.0 Å². The van der Waals surface area contributed by atoms with Crippen molar-refractivity contribution in [3.05, 3.63) is 48.5 Å². The standard InChI is InChI=1S/C25H29N5O7/c1-5-18(17-9-7-6-8-10-17)29-23-20-24(27-12-26-23)30(13-28-20)25-22(36-16(4)33)21(35-15(3)32)19(37-25)11-34-14(2)31/h6-10,12-13,18-19,21-22,25H,5,11H2,1-4H3,(H,26,27,29)/t18-,19?,21?,22?,25?/m0/s1. The van der Waals surface area contributed by atoms with Crippen LogP contribution in [0.4, 0.5) is 5.82 Å². The van der Waals surface area contributed by atoms with Crippen molar-refractivity contribution in [1.82, 2.24) is 19.5 Å². The summed E-state index contributed by atoms with van der Waals surface area (Å²) in [4.78, 5) is 48.5. The molecule has 1 fully saturated rings. The van der Waals surface area contributed by atoms with Gasteiger partial charge in [0.2, 0.25) is 0 Å². The Morgan fingerprint density at radius 3 is 2.35 bits per heavy atom. The van der Waals surface area contributed by atoms with Crippen LogP contribution in [-0.2, 0) is 33.3 Å². The normalized spacial score (nSPS) is 21.8. The highest BCUT2D eigenvalue weighted by atomic mass is 16.7. The molecule has 0 bridgehead atoms. The second kappa shape index (κ2) is 11.3. The molecule has 12 heteroatoms. The number of ether oxygens (including phenoxy) is 4. The van der Waals surface area contributed by atoms with Crippen LogP contribution in [-0.4, -0.2) is 62.3 Å². The van der Waals surface area contributed by atoms with Crippen molar-refractivity contribution in [3.8, 4) is 0 Å². The van der Waals surface area contributed by atoms with Crippen molar-refractivity contribution in [2.75, 3.05) is 11.9 Å². The molecule has 4 unspecified atom stereocenters. The van der Waals surface area contributed by atoms with Gasteiger partial charge in [0.05, 0.1) is 12.4 Å². The number of carbonyl (C=O) groups is 3. The molecule has 196 valence electrons. The summed E-state index contributed by atoms with van der Waals surface area (Å²) in [5.41, 5.74) is 1.99. The fourth-order valence-electron chi connectivity index (χ4n) is 4.33. The van der Waals surface area contributed by atoms with Crippen LogP contribution in [0.3, 0.4) is 0 Å². The maximum atomic E-state index is 12.0. The Morgan fingerprint density at radius 1 is 1.00 bits per heavy atom. The summed E-state index contributed by atoms with van der Waals surface area (Å²) in [5, 5.41) is 3.43. The highest BCUT2D eigenvalue weighted by Crippen LogP contribution is 2.36. The zero-order valence-electron chi connectivity index (χ0n) is 21.0. The van der Waals surface area contributed by atoms with Crippen LogP contribution in [0.25, 0.3) is 11.2 Å². The molecule has 4 rings (SSSR count). The minimum atomic E-state index is -1.04. The summed E-state index contributed by atoms with van der Waals surface area (Å²) in [7, 11) is 0. The van der Waals surface area contributed by atoms with E-state index in [-0.39, 0.29) is 12.6 Å². The summed E-state index contributed by atoms with van der Waals surface area (Å²) in [6, 6.07) is 9.96. The Morgan fingerprint density at radius 2 is 1.70 bits per heavy atom. The van der Waals surface area contributed by atoms with E-state index in [2.05, 4.69) is 27.2 Å². The van der Waals surface area contributed by atoms with Crippen LogP contribution in [0, 0.1) is 0 Å². The van der Waals surface area contributed by atoms with Crippen molar-refractivity contribution in [1.29, 1.82) is 0 Å². The second-order valence-corrected chi connectivity index (χ2v) is 8.58. The van der Waals surface area contributed by atoms with Gasteiger partial charge in [0.25, 0.3) is 0 Å². The van der Waals surface area contributed by atoms with Gasteiger partial charge in [0, 0.05) is 20.8 Å². The number of aromatic nitrogens is 4. The molecule has 0 spiro atoms. The minimum Gasteiger partial charge on any atom is -0.463 e. The van der Waals surface area contributed by atoms with E-state index in [1.165, 1.54) is 33.4 Å². The first-order chi connectivity index (χ1) is 17.8. The highest BCUT2D eigenvalue weighted by molar-refractivity contribution is 5.83. The van der Waals surface area contributed by atoms with Gasteiger partial charge in [-0.05, 0) is 12.0 Å². The van der Waals surface area contributed by atoms with Gasteiger partial charge in [-0.3, -0.25) is 19.0 Å². The van der Waals surface area contributed by atoms with Gasteiger partial charge in [-0.2, -0.15) is 0 Å². The van der Waals surface area contributed by atoms with Crippen LogP contribution in [0.1, 0.15) is 51.9 Å². The summed E-state index contributed by atoms with van der Waals surface area (Å²) >= 11 is 0. The molecule has 1 aromatic carbocycles. The molecule has 2 aromatic heterocycles. The Kier molecular flexibility index (Phi) is 7.97. The molecule has 3 heterocycles. The number of nitrogens with one attached hydrogen (secondary N) is 1. The third-order valence-electron chi connectivity index (χ3n) is 5.89. The zero-order valence-corrected chi connectivity index (χ0v) is 21.0. The number of hydrogen-bond acceptors (Lipinski definition) is 11. The van der Waals surface area contributed by atoms with Gasteiger partial charge in [-0.15, -0.1) is 0 Å². The molecule has 1 aliphatic rings. The zero-order chi connectivity index (χ0) is 26.5. The van der Waals surface area contributed by atoms with Gasteiger partial charge in [-0.1, -0.05) is 37.3 Å². The molecule has 1 saturated heterocycles. The average molecular weight is 512 g/mol. The largest absolute Gasteiger partial charge is 0.463 e. The topological polar surface area (TPSA) is 144 Å². The van der Waals surface area contributed by atoms with Gasteiger partial charge >= 0.3 is 17.9 Å². The lowest BCUT2D eigenvalue weighted by atomic mass is 10.0. The number of esters is 3. The number of imidazole rings is 1. The smallest absolute Gasteiger partial charge is 0.303 e. The van der Waals surface area contributed by atoms with E-state index in [1.54, 1.807) is 4.57 Å². The van der Waals surface area contributed by atoms with E-state index < -0.39 is 42.4 Å². The van der Waals surface area contributed by atoms with Gasteiger partial charge in [-0.25, -0.2) is 15.0 Å². The second-order valence-electron chi connectivity index (χ2n) is 8.58. The van der Waals surface area contributed by atoms with Crippen LogP contribution < -0.4 is 5.32 Å². The fourth-order valence-corrected chi connectivity index (χ4v) is 4.33. The maximum absolute atomic E-state index is 12.0. The highest BCUT2D eigenvalue weighted by Gasteiger charge is 2.51. The van der Waals surface area contributed by atoms with E-state index >= 15 is 0 Å². The predicted molar refractivity (Wildman–Crippen MR) is 130 cm³/mol. The van der Waals surface area contributed by atoms with E-state index in [0.717, 1.165) is 12.0 Å². The van der Waals surface area contributed by atoms with Crippen LogP contribution in [0.2, 0.25) is 0 Å².